The third-order valence-electron chi connectivity index (χ3n) is 2.04. The third kappa shape index (κ3) is 2.46. The Morgan fingerprint density at radius 2 is 2.28 bits per heavy atom. The van der Waals surface area contributed by atoms with E-state index in [0.29, 0.717) is 10.1 Å². The number of nitrogens with zero attached hydrogens (tertiary/aromatic N) is 3. The zero-order chi connectivity index (χ0) is 13.1. The van der Waals surface area contributed by atoms with Crippen LogP contribution < -0.4 is 5.73 Å². The Bertz CT molecular complexity index is 598. The lowest BCUT2D eigenvalue weighted by molar-refractivity contribution is -0.384. The molecule has 3 N–H and O–H groups in total. The maximum Gasteiger partial charge on any atom is 0.270 e. The molecule has 0 aliphatic rings. The van der Waals surface area contributed by atoms with Crippen molar-refractivity contribution in [2.24, 2.45) is 5.73 Å². The highest BCUT2D eigenvalue weighted by molar-refractivity contribution is 7.99. The third-order valence-corrected chi connectivity index (χ3v) is 3.00. The number of aromatic nitrogens is 3. The van der Waals surface area contributed by atoms with Crippen LogP contribution in [0.4, 0.5) is 5.69 Å². The van der Waals surface area contributed by atoms with Crippen LogP contribution in [0.5, 0.6) is 0 Å². The van der Waals surface area contributed by atoms with Crippen molar-refractivity contribution >= 4 is 23.4 Å². The van der Waals surface area contributed by atoms with Crippen molar-refractivity contribution in [2.45, 2.75) is 10.1 Å². The number of H-pyrrole nitrogens is 1. The maximum absolute atomic E-state index is 11.3. The van der Waals surface area contributed by atoms with E-state index in [1.807, 2.05) is 0 Å². The molecule has 0 saturated heterocycles. The first-order chi connectivity index (χ1) is 8.58. The highest BCUT2D eigenvalue weighted by Gasteiger charge is 2.16. The molecule has 0 aliphatic heterocycles. The van der Waals surface area contributed by atoms with Crippen LogP contribution in [0.2, 0.25) is 0 Å². The van der Waals surface area contributed by atoms with Crippen molar-refractivity contribution in [3.63, 3.8) is 0 Å². The number of amides is 1. The van der Waals surface area contributed by atoms with Gasteiger partial charge < -0.3 is 5.73 Å². The molecule has 1 heterocycles. The van der Waals surface area contributed by atoms with Crippen LogP contribution >= 0.6 is 11.8 Å². The fraction of sp³-hybridized carbons (Fsp3) is 0. The molecule has 0 unspecified atom stereocenters. The molecule has 8 nitrogen and oxygen atoms in total. The summed E-state index contributed by atoms with van der Waals surface area (Å²) >= 11 is 1.12. The fourth-order valence-corrected chi connectivity index (χ4v) is 2.07. The molecule has 0 aliphatic carbocycles. The second-order valence-corrected chi connectivity index (χ2v) is 4.23. The maximum atomic E-state index is 11.3. The molecular weight excluding hydrogens is 258 g/mol. The number of hydrogen-bond donors (Lipinski definition) is 2. The molecule has 2 aromatic rings. The molecule has 0 spiro atoms. The SMILES string of the molecule is NC(=O)c1cc([N+](=O)[O-])ccc1Sc1ncn[nH]1. The second kappa shape index (κ2) is 4.84. The molecule has 2 rings (SSSR count). The van der Waals surface area contributed by atoms with Crippen LogP contribution in [0, 0.1) is 10.1 Å². The van der Waals surface area contributed by atoms with Gasteiger partial charge in [0.1, 0.15) is 6.33 Å². The summed E-state index contributed by atoms with van der Waals surface area (Å²) in [6, 6.07) is 3.89. The first kappa shape index (κ1) is 12.0. The average molecular weight is 265 g/mol. The summed E-state index contributed by atoms with van der Waals surface area (Å²) in [5, 5.41) is 17.3. The van der Waals surface area contributed by atoms with Gasteiger partial charge in [0.25, 0.3) is 5.69 Å². The van der Waals surface area contributed by atoms with E-state index in [1.165, 1.54) is 18.5 Å². The number of nitrogens with one attached hydrogen (secondary N) is 1. The highest BCUT2D eigenvalue weighted by Crippen LogP contribution is 2.29. The summed E-state index contributed by atoms with van der Waals surface area (Å²) in [5.41, 5.74) is 5.08. The van der Waals surface area contributed by atoms with Crippen LogP contribution in [0.1, 0.15) is 10.4 Å². The van der Waals surface area contributed by atoms with Gasteiger partial charge in [0, 0.05) is 17.0 Å². The lowest BCUT2D eigenvalue weighted by atomic mass is 10.2. The smallest absolute Gasteiger partial charge is 0.270 e. The summed E-state index contributed by atoms with van der Waals surface area (Å²) < 4.78 is 0. The molecule has 92 valence electrons. The van der Waals surface area contributed by atoms with Crippen LogP contribution in [0.25, 0.3) is 0 Å². The summed E-state index contributed by atoms with van der Waals surface area (Å²) in [5.74, 6) is -0.735. The lowest BCUT2D eigenvalue weighted by Gasteiger charge is -2.03. The number of carbonyl (C=O) groups is 1. The predicted octanol–water partition coefficient (Wildman–Crippen LogP) is 0.963. The monoisotopic (exact) mass is 265 g/mol. The van der Waals surface area contributed by atoms with E-state index in [-0.39, 0.29) is 11.3 Å². The molecule has 1 aromatic heterocycles. The van der Waals surface area contributed by atoms with E-state index in [2.05, 4.69) is 15.2 Å². The molecule has 0 radical (unpaired) electrons. The molecule has 0 fully saturated rings. The molecule has 0 saturated carbocycles. The average Bonchev–Trinajstić information content (AvgIpc) is 2.81. The van der Waals surface area contributed by atoms with Gasteiger partial charge in [-0.3, -0.25) is 20.0 Å². The number of primary amides is 1. The number of non-ortho nitro benzene ring substituents is 1. The number of carbonyl (C=O) groups excluding carboxylic acids is 1. The van der Waals surface area contributed by atoms with Crippen molar-refractivity contribution in [1.29, 1.82) is 0 Å². The quantitative estimate of drug-likeness (QED) is 0.626. The van der Waals surface area contributed by atoms with Gasteiger partial charge in [-0.1, -0.05) is 0 Å². The van der Waals surface area contributed by atoms with Gasteiger partial charge in [-0.2, -0.15) is 5.10 Å². The number of nitrogens with two attached hydrogens (primary N) is 1. The van der Waals surface area contributed by atoms with Crippen molar-refractivity contribution in [3.8, 4) is 0 Å². The van der Waals surface area contributed by atoms with Gasteiger partial charge in [0.2, 0.25) is 5.91 Å². The van der Waals surface area contributed by atoms with Crippen LogP contribution in [0.15, 0.2) is 34.6 Å². The Balaban J connectivity index is 2.40. The number of nitro benzene ring substituents is 1. The van der Waals surface area contributed by atoms with Crippen molar-refractivity contribution in [1.82, 2.24) is 15.2 Å². The largest absolute Gasteiger partial charge is 0.366 e. The van der Waals surface area contributed by atoms with Gasteiger partial charge in [0.05, 0.1) is 10.5 Å². The summed E-state index contributed by atoms with van der Waals surface area (Å²) in [7, 11) is 0. The molecule has 9 heteroatoms. The molecule has 0 bridgehead atoms. The van der Waals surface area contributed by atoms with Gasteiger partial charge in [-0.25, -0.2) is 4.98 Å². The predicted molar refractivity (Wildman–Crippen MR) is 62.1 cm³/mol. The minimum Gasteiger partial charge on any atom is -0.366 e. The Labute approximate surface area is 105 Å². The van der Waals surface area contributed by atoms with Crippen LogP contribution in [0.3, 0.4) is 0 Å². The first-order valence-electron chi connectivity index (χ1n) is 4.69. The second-order valence-electron chi connectivity index (χ2n) is 3.19. The van der Waals surface area contributed by atoms with Crippen molar-refractivity contribution < 1.29 is 9.72 Å². The zero-order valence-electron chi connectivity index (χ0n) is 8.86. The van der Waals surface area contributed by atoms with Gasteiger partial charge in [0.15, 0.2) is 5.16 Å². The van der Waals surface area contributed by atoms with E-state index < -0.39 is 10.8 Å². The normalized spacial score (nSPS) is 10.2. The minimum atomic E-state index is -0.735. The summed E-state index contributed by atoms with van der Waals surface area (Å²) in [6.45, 7) is 0. The molecule has 0 atom stereocenters. The Morgan fingerprint density at radius 1 is 1.50 bits per heavy atom. The topological polar surface area (TPSA) is 128 Å². The zero-order valence-corrected chi connectivity index (χ0v) is 9.68. The van der Waals surface area contributed by atoms with Gasteiger partial charge in [-0.05, 0) is 17.8 Å². The van der Waals surface area contributed by atoms with E-state index in [1.54, 1.807) is 0 Å². The van der Waals surface area contributed by atoms with Gasteiger partial charge in [-0.15, -0.1) is 0 Å². The first-order valence-corrected chi connectivity index (χ1v) is 5.51. The molecule has 18 heavy (non-hydrogen) atoms. The van der Waals surface area contributed by atoms with Crippen molar-refractivity contribution in [2.75, 3.05) is 0 Å². The fourth-order valence-electron chi connectivity index (χ4n) is 1.26. The van der Waals surface area contributed by atoms with E-state index in [9.17, 15) is 14.9 Å². The van der Waals surface area contributed by atoms with E-state index >= 15 is 0 Å². The molecule has 1 amide bonds. The number of benzene rings is 1. The molecule has 1 aromatic carbocycles. The number of aromatic amines is 1. The lowest BCUT2D eigenvalue weighted by Crippen LogP contribution is -2.12. The highest BCUT2D eigenvalue weighted by atomic mass is 32.2. The molecular formula is C9H7N5O3S. The number of rotatable bonds is 4. The number of nitro groups is 1. The van der Waals surface area contributed by atoms with Crippen molar-refractivity contribution in [3.05, 3.63) is 40.2 Å². The standard InChI is InChI=1S/C9H7N5O3S/c10-8(15)6-3-5(14(16)17)1-2-7(6)18-9-11-4-12-13-9/h1-4H,(H2,10,15)(H,11,12,13). The van der Waals surface area contributed by atoms with Crippen LogP contribution in [-0.2, 0) is 0 Å². The number of hydrogen-bond acceptors (Lipinski definition) is 6. The van der Waals surface area contributed by atoms with Crippen LogP contribution in [-0.4, -0.2) is 26.0 Å². The van der Waals surface area contributed by atoms with E-state index in [0.717, 1.165) is 17.8 Å². The van der Waals surface area contributed by atoms with E-state index in [4.69, 9.17) is 5.73 Å². The summed E-state index contributed by atoms with van der Waals surface area (Å²) in [6.07, 6.45) is 1.32. The Kier molecular flexibility index (Phi) is 3.24. The Hall–Kier alpha value is -2.42. The van der Waals surface area contributed by atoms with Gasteiger partial charge >= 0.3 is 0 Å². The Morgan fingerprint density at radius 3 is 2.83 bits per heavy atom. The minimum absolute atomic E-state index is 0.0746. The summed E-state index contributed by atoms with van der Waals surface area (Å²) in [4.78, 5) is 25.7.